The molecule has 0 aliphatic heterocycles. The molecule has 0 saturated carbocycles. The largest absolute Gasteiger partial charge is 0.382 e. The van der Waals surface area contributed by atoms with Crippen molar-refractivity contribution in [1.29, 1.82) is 0 Å². The van der Waals surface area contributed by atoms with E-state index in [-0.39, 0.29) is 11.5 Å². The maximum Gasteiger partial charge on any atom is 0.0552 e. The van der Waals surface area contributed by atoms with Crippen LogP contribution in [0.25, 0.3) is 0 Å². The molecular formula is C13H17Cl3O. The van der Waals surface area contributed by atoms with Crippen molar-refractivity contribution in [3.63, 3.8) is 0 Å². The molecule has 0 aliphatic carbocycles. The zero-order chi connectivity index (χ0) is 12.9. The molecular weight excluding hydrogens is 279 g/mol. The average Bonchev–Trinajstić information content (AvgIpc) is 2.35. The Morgan fingerprint density at radius 2 is 1.94 bits per heavy atom. The molecule has 0 radical (unpaired) electrons. The number of hydrogen-bond donors (Lipinski definition) is 0. The van der Waals surface area contributed by atoms with Crippen LogP contribution in [0, 0.1) is 0 Å². The Bertz CT molecular complexity index is 350. The first-order valence-electron chi connectivity index (χ1n) is 5.49. The van der Waals surface area contributed by atoms with E-state index in [9.17, 15) is 0 Å². The fourth-order valence-corrected chi connectivity index (χ4v) is 2.87. The van der Waals surface area contributed by atoms with Gasteiger partial charge in [-0.05, 0) is 31.0 Å². The molecule has 0 bridgehead atoms. The first-order chi connectivity index (χ1) is 8.07. The molecule has 0 aliphatic rings. The summed E-state index contributed by atoms with van der Waals surface area (Å²) in [4.78, 5) is 0. The maximum atomic E-state index is 6.13. The van der Waals surface area contributed by atoms with Crippen LogP contribution in [-0.2, 0) is 10.2 Å². The maximum absolute atomic E-state index is 6.13. The second kappa shape index (κ2) is 6.84. The minimum atomic E-state index is -0.288. The normalized spacial score (nSPS) is 13.7. The van der Waals surface area contributed by atoms with Crippen LogP contribution >= 0.6 is 34.8 Å². The Kier molecular flexibility index (Phi) is 6.08. The summed E-state index contributed by atoms with van der Waals surface area (Å²) in [6.07, 6.45) is 0.878. The third-order valence-corrected chi connectivity index (χ3v) is 4.29. The monoisotopic (exact) mass is 294 g/mol. The average molecular weight is 296 g/mol. The SMILES string of the molecule is COC(C)CC(CCl)(CCl)c1cccc(Cl)c1. The van der Waals surface area contributed by atoms with E-state index in [4.69, 9.17) is 39.5 Å². The Hall–Kier alpha value is 0.0500. The lowest BCUT2D eigenvalue weighted by Crippen LogP contribution is -2.34. The highest BCUT2D eigenvalue weighted by Gasteiger charge is 2.32. The molecule has 1 aromatic carbocycles. The van der Waals surface area contributed by atoms with E-state index >= 15 is 0 Å². The highest BCUT2D eigenvalue weighted by atomic mass is 35.5. The molecule has 1 atom stereocenters. The van der Waals surface area contributed by atoms with Crippen LogP contribution < -0.4 is 0 Å². The molecule has 0 amide bonds. The molecule has 17 heavy (non-hydrogen) atoms. The molecule has 0 fully saturated rings. The van der Waals surface area contributed by atoms with E-state index in [2.05, 4.69) is 0 Å². The second-order valence-corrected chi connectivity index (χ2v) is 5.28. The molecule has 0 aromatic heterocycles. The van der Waals surface area contributed by atoms with E-state index in [1.807, 2.05) is 31.2 Å². The molecule has 96 valence electrons. The van der Waals surface area contributed by atoms with Crippen LogP contribution in [-0.4, -0.2) is 25.0 Å². The van der Waals surface area contributed by atoms with Crippen molar-refractivity contribution in [2.45, 2.75) is 24.9 Å². The van der Waals surface area contributed by atoms with Gasteiger partial charge in [0.2, 0.25) is 0 Å². The summed E-state index contributed by atoms with van der Waals surface area (Å²) in [6.45, 7) is 2.01. The van der Waals surface area contributed by atoms with Crippen molar-refractivity contribution in [1.82, 2.24) is 0 Å². The van der Waals surface area contributed by atoms with Crippen LogP contribution in [0.5, 0.6) is 0 Å². The number of methoxy groups -OCH3 is 1. The van der Waals surface area contributed by atoms with Crippen LogP contribution in [0.3, 0.4) is 0 Å². The van der Waals surface area contributed by atoms with Gasteiger partial charge in [-0.3, -0.25) is 0 Å². The van der Waals surface area contributed by atoms with Gasteiger partial charge in [-0.2, -0.15) is 0 Å². The van der Waals surface area contributed by atoms with Gasteiger partial charge in [0.1, 0.15) is 0 Å². The lowest BCUT2D eigenvalue weighted by Gasteiger charge is -2.32. The van der Waals surface area contributed by atoms with E-state index in [1.54, 1.807) is 7.11 Å². The Balaban J connectivity index is 3.06. The third-order valence-electron chi connectivity index (χ3n) is 3.03. The number of alkyl halides is 2. The first kappa shape index (κ1) is 15.1. The molecule has 0 saturated heterocycles. The summed E-state index contributed by atoms with van der Waals surface area (Å²) in [5.41, 5.74) is 0.780. The minimum absolute atomic E-state index is 0.103. The minimum Gasteiger partial charge on any atom is -0.382 e. The van der Waals surface area contributed by atoms with Gasteiger partial charge in [0, 0.05) is 29.3 Å². The Labute approximate surface area is 118 Å². The fourth-order valence-electron chi connectivity index (χ4n) is 1.87. The second-order valence-electron chi connectivity index (χ2n) is 4.31. The summed E-state index contributed by atoms with van der Waals surface area (Å²) in [6, 6.07) is 7.70. The van der Waals surface area contributed by atoms with Crippen molar-refractivity contribution < 1.29 is 4.74 Å². The van der Waals surface area contributed by atoms with Gasteiger partial charge in [0.25, 0.3) is 0 Å². The molecule has 1 nitrogen and oxygen atoms in total. The highest BCUT2D eigenvalue weighted by molar-refractivity contribution is 6.30. The Morgan fingerprint density at radius 3 is 2.41 bits per heavy atom. The van der Waals surface area contributed by atoms with Crippen molar-refractivity contribution in [2.75, 3.05) is 18.9 Å². The number of benzene rings is 1. The fraction of sp³-hybridized carbons (Fsp3) is 0.538. The van der Waals surface area contributed by atoms with E-state index in [0.29, 0.717) is 16.8 Å². The molecule has 0 N–H and O–H groups in total. The zero-order valence-corrected chi connectivity index (χ0v) is 12.3. The first-order valence-corrected chi connectivity index (χ1v) is 6.93. The lowest BCUT2D eigenvalue weighted by atomic mass is 9.79. The van der Waals surface area contributed by atoms with E-state index < -0.39 is 0 Å². The van der Waals surface area contributed by atoms with Crippen LogP contribution in [0.15, 0.2) is 24.3 Å². The molecule has 1 aromatic rings. The summed E-state index contributed by atoms with van der Waals surface area (Å²) >= 11 is 18.3. The quantitative estimate of drug-likeness (QED) is 0.703. The smallest absolute Gasteiger partial charge is 0.0552 e. The highest BCUT2D eigenvalue weighted by Crippen LogP contribution is 2.34. The van der Waals surface area contributed by atoms with E-state index in [0.717, 1.165) is 12.0 Å². The number of rotatable bonds is 6. The van der Waals surface area contributed by atoms with Gasteiger partial charge in [-0.15, -0.1) is 23.2 Å². The van der Waals surface area contributed by atoms with Crippen LogP contribution in [0.2, 0.25) is 5.02 Å². The van der Waals surface area contributed by atoms with Gasteiger partial charge >= 0.3 is 0 Å². The summed E-state index contributed by atoms with van der Waals surface area (Å²) in [5.74, 6) is 0.898. The lowest BCUT2D eigenvalue weighted by molar-refractivity contribution is 0.0938. The van der Waals surface area contributed by atoms with Crippen molar-refractivity contribution in [3.8, 4) is 0 Å². The molecule has 0 spiro atoms. The Morgan fingerprint density at radius 1 is 1.29 bits per heavy atom. The third kappa shape index (κ3) is 3.75. The molecule has 4 heteroatoms. The predicted octanol–water partition coefficient (Wildman–Crippen LogP) is 4.48. The summed E-state index contributed by atoms with van der Waals surface area (Å²) in [7, 11) is 1.69. The van der Waals surface area contributed by atoms with Gasteiger partial charge < -0.3 is 4.74 Å². The number of hydrogen-bond acceptors (Lipinski definition) is 1. The van der Waals surface area contributed by atoms with Gasteiger partial charge in [0.05, 0.1) is 6.10 Å². The van der Waals surface area contributed by atoms with E-state index in [1.165, 1.54) is 0 Å². The van der Waals surface area contributed by atoms with Crippen molar-refractivity contribution >= 4 is 34.8 Å². The molecule has 0 heterocycles. The predicted molar refractivity (Wildman–Crippen MR) is 75.7 cm³/mol. The number of ether oxygens (including phenoxy) is 1. The van der Waals surface area contributed by atoms with Crippen LogP contribution in [0.1, 0.15) is 18.9 Å². The standard InChI is InChI=1S/C13H17Cl3O/c1-10(17-2)7-13(8-14,9-15)11-4-3-5-12(16)6-11/h3-6,10H,7-9H2,1-2H3. The van der Waals surface area contributed by atoms with Gasteiger partial charge in [-0.25, -0.2) is 0 Å². The summed E-state index contributed by atoms with van der Waals surface area (Å²) in [5, 5.41) is 0.701. The number of halogens is 3. The van der Waals surface area contributed by atoms with Crippen LogP contribution in [0.4, 0.5) is 0 Å². The van der Waals surface area contributed by atoms with Gasteiger partial charge in [-0.1, -0.05) is 23.7 Å². The summed E-state index contributed by atoms with van der Waals surface area (Å²) < 4.78 is 5.31. The zero-order valence-electron chi connectivity index (χ0n) is 10.1. The molecule has 1 unspecified atom stereocenters. The van der Waals surface area contributed by atoms with Crippen molar-refractivity contribution in [2.24, 2.45) is 0 Å². The van der Waals surface area contributed by atoms with Gasteiger partial charge in [0.15, 0.2) is 0 Å². The topological polar surface area (TPSA) is 9.23 Å². The van der Waals surface area contributed by atoms with Crippen molar-refractivity contribution in [3.05, 3.63) is 34.9 Å². The molecule has 1 rings (SSSR count).